The van der Waals surface area contributed by atoms with Gasteiger partial charge in [-0.05, 0) is 104 Å². The molecule has 4 heterocycles. The number of benzene rings is 2. The van der Waals surface area contributed by atoms with Gasteiger partial charge in [-0.15, -0.1) is 0 Å². The number of carbonyl (C=O) groups is 4. The Morgan fingerprint density at radius 1 is 0.643 bits per heavy atom. The van der Waals surface area contributed by atoms with Crippen molar-refractivity contribution >= 4 is 45.4 Å². The number of likely N-dealkylation sites (N-methyl/N-ethyl adjacent to an activating group) is 2. The molecule has 302 valence electrons. The minimum atomic E-state index is -0.559. The van der Waals surface area contributed by atoms with E-state index in [1.165, 1.54) is 0 Å². The van der Waals surface area contributed by atoms with Crippen LogP contribution in [0.3, 0.4) is 0 Å². The van der Waals surface area contributed by atoms with Crippen LogP contribution in [0.15, 0.2) is 48.5 Å². The van der Waals surface area contributed by atoms with Crippen molar-refractivity contribution in [2.24, 2.45) is 0 Å². The first-order valence-corrected chi connectivity index (χ1v) is 20.8. The fraction of sp³-hybridized carbons (Fsp3) is 0.545. The number of carbonyl (C=O) groups excluding carboxylic acids is 4. The van der Waals surface area contributed by atoms with Crippen LogP contribution in [0.4, 0.5) is 0 Å². The lowest BCUT2D eigenvalue weighted by molar-refractivity contribution is -0.139. The summed E-state index contributed by atoms with van der Waals surface area (Å²) in [5.41, 5.74) is 6.24. The molecule has 12 heteroatoms. The number of aromatic amines is 2. The van der Waals surface area contributed by atoms with Crippen molar-refractivity contribution in [3.05, 3.63) is 59.7 Å². The van der Waals surface area contributed by atoms with E-state index in [1.54, 1.807) is 27.9 Å². The Kier molecular flexibility index (Phi) is 13.5. The van der Waals surface area contributed by atoms with Crippen molar-refractivity contribution in [3.63, 3.8) is 0 Å². The van der Waals surface area contributed by atoms with Crippen molar-refractivity contribution in [2.45, 2.75) is 128 Å². The second kappa shape index (κ2) is 18.5. The van der Waals surface area contributed by atoms with Crippen molar-refractivity contribution in [2.75, 3.05) is 27.2 Å². The fourth-order valence-electron chi connectivity index (χ4n) is 8.57. The van der Waals surface area contributed by atoms with Gasteiger partial charge in [0.2, 0.25) is 23.6 Å². The summed E-state index contributed by atoms with van der Waals surface area (Å²) < 4.78 is 0. The molecule has 0 radical (unpaired) electrons. The fourth-order valence-corrected chi connectivity index (χ4v) is 8.57. The highest BCUT2D eigenvalue weighted by atomic mass is 16.2. The maximum atomic E-state index is 14.2. The molecular weight excluding hydrogens is 705 g/mol. The maximum Gasteiger partial charge on any atom is 0.245 e. The number of likely N-dealkylation sites (tertiary alicyclic amines) is 2. The van der Waals surface area contributed by atoms with Gasteiger partial charge in [-0.25, -0.2) is 0 Å². The van der Waals surface area contributed by atoms with Crippen molar-refractivity contribution in [3.8, 4) is 11.4 Å². The van der Waals surface area contributed by atoms with Gasteiger partial charge in [-0.1, -0.05) is 62.1 Å². The van der Waals surface area contributed by atoms with Crippen molar-refractivity contribution in [1.29, 1.82) is 0 Å². The van der Waals surface area contributed by atoms with E-state index in [2.05, 4.69) is 81.5 Å². The van der Waals surface area contributed by atoms with E-state index in [0.29, 0.717) is 38.8 Å². The van der Waals surface area contributed by atoms with Crippen LogP contribution in [-0.2, 0) is 32.0 Å². The number of hydrogen-bond donors (Lipinski definition) is 6. The van der Waals surface area contributed by atoms with Gasteiger partial charge in [0.25, 0.3) is 0 Å². The second-order valence-electron chi connectivity index (χ2n) is 16.0. The van der Waals surface area contributed by atoms with Crippen LogP contribution in [0.5, 0.6) is 0 Å². The lowest BCUT2D eigenvalue weighted by atomic mass is 9.96. The van der Waals surface area contributed by atoms with Gasteiger partial charge in [0, 0.05) is 47.0 Å². The number of nitrogens with one attached hydrogen (secondary N) is 6. The zero-order chi connectivity index (χ0) is 39.9. The molecule has 2 aromatic heterocycles. The van der Waals surface area contributed by atoms with E-state index in [9.17, 15) is 19.2 Å². The number of para-hydroxylation sites is 2. The van der Waals surface area contributed by atoms with Gasteiger partial charge in [0.05, 0.1) is 23.5 Å². The first kappa shape index (κ1) is 41.0. The molecule has 4 amide bonds. The average molecular weight is 767 g/mol. The molecule has 6 rings (SSSR count). The Balaban J connectivity index is 1.32. The number of H-pyrrole nitrogens is 2. The van der Waals surface area contributed by atoms with Crippen LogP contribution in [0.25, 0.3) is 33.2 Å². The number of rotatable bonds is 13. The SMILES string of the molecule is CN[C@@H](C)C(=O)N[C@H]1CCCC[C@@H](C)N(CCc2c(-c3[nH]c4ccccc4c3CCN3C(=O)[C@@H](NC(=O)[C@H](C)NC)CCCC[C@H]3C)[nH]c3ccccc23)C1=O. The molecule has 0 bridgehead atoms. The van der Waals surface area contributed by atoms with Crippen LogP contribution in [0, 0.1) is 0 Å². The smallest absolute Gasteiger partial charge is 0.245 e. The Bertz CT molecular complexity index is 1860. The largest absolute Gasteiger partial charge is 0.353 e. The maximum absolute atomic E-state index is 14.2. The highest BCUT2D eigenvalue weighted by Crippen LogP contribution is 2.37. The van der Waals surface area contributed by atoms with Gasteiger partial charge < -0.3 is 41.0 Å². The lowest BCUT2D eigenvalue weighted by Crippen LogP contribution is -2.55. The predicted octanol–water partition coefficient (Wildman–Crippen LogP) is 5.17. The Labute approximate surface area is 331 Å². The zero-order valence-electron chi connectivity index (χ0n) is 34.1. The molecule has 0 saturated carbocycles. The molecule has 2 aromatic carbocycles. The van der Waals surface area contributed by atoms with Crippen LogP contribution < -0.4 is 21.3 Å². The number of fused-ring (bicyclic) bond motifs is 2. The Morgan fingerprint density at radius 2 is 1.02 bits per heavy atom. The van der Waals surface area contributed by atoms with Crippen LogP contribution in [-0.4, -0.2) is 107 Å². The number of nitrogens with zero attached hydrogens (tertiary/aromatic N) is 2. The molecule has 2 saturated heterocycles. The topological polar surface area (TPSA) is 154 Å². The van der Waals surface area contributed by atoms with Crippen molar-refractivity contribution in [1.82, 2.24) is 41.0 Å². The number of aromatic nitrogens is 2. The van der Waals surface area contributed by atoms with E-state index in [0.717, 1.165) is 82.8 Å². The van der Waals surface area contributed by atoms with Crippen LogP contribution in [0.1, 0.15) is 90.2 Å². The predicted molar refractivity (Wildman–Crippen MR) is 223 cm³/mol. The monoisotopic (exact) mass is 766 g/mol. The summed E-state index contributed by atoms with van der Waals surface area (Å²) in [4.78, 5) is 65.6. The lowest BCUT2D eigenvalue weighted by Gasteiger charge is -2.35. The number of amides is 4. The molecule has 6 atom stereocenters. The van der Waals surface area contributed by atoms with Gasteiger partial charge in [-0.3, -0.25) is 19.2 Å². The molecule has 6 N–H and O–H groups in total. The zero-order valence-corrected chi connectivity index (χ0v) is 34.1. The van der Waals surface area contributed by atoms with E-state index in [4.69, 9.17) is 0 Å². The van der Waals surface area contributed by atoms with E-state index >= 15 is 0 Å². The second-order valence-corrected chi connectivity index (χ2v) is 16.0. The third-order valence-corrected chi connectivity index (χ3v) is 12.3. The highest BCUT2D eigenvalue weighted by molar-refractivity contribution is 5.96. The van der Waals surface area contributed by atoms with Crippen LogP contribution >= 0.6 is 0 Å². The minimum Gasteiger partial charge on any atom is -0.353 e. The highest BCUT2D eigenvalue weighted by Gasteiger charge is 2.34. The molecule has 0 unspecified atom stereocenters. The molecular formula is C44H62N8O4. The molecule has 12 nitrogen and oxygen atoms in total. The van der Waals surface area contributed by atoms with E-state index < -0.39 is 24.2 Å². The summed E-state index contributed by atoms with van der Waals surface area (Å²) in [6.07, 6.45) is 8.10. The van der Waals surface area contributed by atoms with Gasteiger partial charge in [0.15, 0.2) is 0 Å². The first-order valence-electron chi connectivity index (χ1n) is 20.8. The quantitative estimate of drug-likeness (QED) is 0.110. The molecule has 2 fully saturated rings. The summed E-state index contributed by atoms with van der Waals surface area (Å²) in [5, 5.41) is 14.3. The average Bonchev–Trinajstić information content (AvgIpc) is 3.76. The van der Waals surface area contributed by atoms with Crippen LogP contribution in [0.2, 0.25) is 0 Å². The summed E-state index contributed by atoms with van der Waals surface area (Å²) >= 11 is 0. The molecule has 2 aliphatic heterocycles. The van der Waals surface area contributed by atoms with Gasteiger partial charge in [0.1, 0.15) is 12.1 Å². The summed E-state index contributed by atoms with van der Waals surface area (Å²) in [7, 11) is 3.49. The number of hydrogen-bond acceptors (Lipinski definition) is 6. The summed E-state index contributed by atoms with van der Waals surface area (Å²) in [6.45, 7) is 8.87. The first-order chi connectivity index (χ1) is 27.0. The third-order valence-electron chi connectivity index (χ3n) is 12.3. The molecule has 0 aliphatic carbocycles. The summed E-state index contributed by atoms with van der Waals surface area (Å²) in [5.74, 6) is -0.383. The minimum absolute atomic E-state index is 0.0245. The molecule has 0 spiro atoms. The summed E-state index contributed by atoms with van der Waals surface area (Å²) in [6, 6.07) is 14.8. The molecule has 2 aliphatic rings. The van der Waals surface area contributed by atoms with Crippen molar-refractivity contribution < 1.29 is 19.2 Å². The Morgan fingerprint density at radius 3 is 1.41 bits per heavy atom. The van der Waals surface area contributed by atoms with Gasteiger partial charge >= 0.3 is 0 Å². The third kappa shape index (κ3) is 8.97. The molecule has 56 heavy (non-hydrogen) atoms. The van der Waals surface area contributed by atoms with Gasteiger partial charge in [-0.2, -0.15) is 0 Å². The van der Waals surface area contributed by atoms with E-state index in [1.807, 2.05) is 21.9 Å². The van der Waals surface area contributed by atoms with E-state index in [-0.39, 0.29) is 35.7 Å². The standard InChI is InChI=1S/C44H62N8O4/c1-27-15-7-11-21-37(49-41(53)29(3)45-5)43(55)51(27)25-23-33-31-17-9-13-19-35(31)47-39(33)40-34(32-18-10-14-20-36(32)48-40)24-26-52-28(2)16-8-12-22-38(44(52)56)50-42(54)30(4)46-6/h9-10,13-14,17-20,27-30,37-38,45-48H,7-8,11-12,15-16,21-26H2,1-6H3,(H,49,53)(H,50,54)/t27-,28-,29+,30+,37+,38+/m1/s1. The molecule has 4 aromatic rings. The Hall–Kier alpha value is -4.68. The normalized spacial score (nSPS) is 22.3.